The second kappa shape index (κ2) is 5.76. The Balaban J connectivity index is 1.99. The lowest BCUT2D eigenvalue weighted by molar-refractivity contribution is -0.137. The molecule has 1 amide bonds. The average Bonchev–Trinajstić information content (AvgIpc) is 2.90. The first kappa shape index (κ1) is 16.2. The van der Waals surface area contributed by atoms with Crippen LogP contribution in [-0.2, 0) is 6.18 Å². The fourth-order valence-corrected chi connectivity index (χ4v) is 3.71. The number of aromatic nitrogens is 1. The first-order valence-corrected chi connectivity index (χ1v) is 8.05. The fraction of sp³-hybridized carbons (Fsp3) is 0.467. The number of thiazole rings is 1. The smallest absolute Gasteiger partial charge is 0.393 e. The van der Waals surface area contributed by atoms with Gasteiger partial charge in [-0.2, -0.15) is 13.2 Å². The molecule has 4 nitrogen and oxygen atoms in total. The van der Waals surface area contributed by atoms with Gasteiger partial charge in [0, 0.05) is 12.6 Å². The van der Waals surface area contributed by atoms with Crippen LogP contribution in [0.5, 0.6) is 0 Å². The third-order valence-corrected chi connectivity index (χ3v) is 5.07. The summed E-state index contributed by atoms with van der Waals surface area (Å²) in [7, 11) is 0. The molecule has 2 aromatic rings. The van der Waals surface area contributed by atoms with Crippen LogP contribution in [0.3, 0.4) is 0 Å². The number of alkyl halides is 3. The number of piperidine rings is 1. The molecular formula is C15H15F3N2O2S. The molecule has 23 heavy (non-hydrogen) atoms. The van der Waals surface area contributed by atoms with Crippen LogP contribution in [0.2, 0.25) is 0 Å². The van der Waals surface area contributed by atoms with E-state index in [0.29, 0.717) is 35.4 Å². The minimum absolute atomic E-state index is 0.0909. The van der Waals surface area contributed by atoms with Crippen molar-refractivity contribution in [1.82, 2.24) is 9.88 Å². The van der Waals surface area contributed by atoms with E-state index in [0.717, 1.165) is 0 Å². The number of aliphatic hydroxyl groups is 1. The highest BCUT2D eigenvalue weighted by Gasteiger charge is 2.36. The molecule has 0 aliphatic carbocycles. The van der Waals surface area contributed by atoms with Gasteiger partial charge in [-0.1, -0.05) is 6.07 Å². The van der Waals surface area contributed by atoms with Gasteiger partial charge in [-0.05, 0) is 31.9 Å². The van der Waals surface area contributed by atoms with Crippen LogP contribution in [0.1, 0.15) is 35.1 Å². The number of benzene rings is 1. The maximum absolute atomic E-state index is 12.8. The number of hydrogen-bond donors (Lipinski definition) is 1. The van der Waals surface area contributed by atoms with E-state index in [9.17, 15) is 23.1 Å². The fourth-order valence-electron chi connectivity index (χ4n) is 2.85. The molecule has 1 aliphatic heterocycles. The Morgan fingerprint density at radius 2 is 2.17 bits per heavy atom. The standard InChI is InChI=1S/C15H15F3N2O2S/c1-8-7-9(21)5-6-20(8)13(22)10-3-2-4-11-12(10)19-14(23-11)15(16,17)18/h2-4,8-9,21H,5-7H2,1H3/t8-,9-/m0/s1. The van der Waals surface area contributed by atoms with E-state index in [2.05, 4.69) is 4.98 Å². The van der Waals surface area contributed by atoms with Crippen molar-refractivity contribution < 1.29 is 23.1 Å². The molecule has 3 rings (SSSR count). The van der Waals surface area contributed by atoms with Crippen molar-refractivity contribution in [2.45, 2.75) is 38.1 Å². The van der Waals surface area contributed by atoms with Crippen molar-refractivity contribution >= 4 is 27.5 Å². The van der Waals surface area contributed by atoms with Gasteiger partial charge < -0.3 is 10.0 Å². The zero-order chi connectivity index (χ0) is 16.8. The zero-order valence-electron chi connectivity index (χ0n) is 12.3. The molecule has 1 aromatic carbocycles. The van der Waals surface area contributed by atoms with E-state index in [-0.39, 0.29) is 23.0 Å². The summed E-state index contributed by atoms with van der Waals surface area (Å²) in [6.07, 6.45) is -4.03. The van der Waals surface area contributed by atoms with Crippen LogP contribution >= 0.6 is 11.3 Å². The number of amides is 1. The number of likely N-dealkylation sites (tertiary alicyclic amines) is 1. The molecule has 0 unspecified atom stereocenters. The summed E-state index contributed by atoms with van der Waals surface area (Å²) in [5.74, 6) is -0.339. The minimum Gasteiger partial charge on any atom is -0.393 e. The summed E-state index contributed by atoms with van der Waals surface area (Å²) in [6, 6.07) is 4.43. The van der Waals surface area contributed by atoms with E-state index in [1.165, 1.54) is 12.1 Å². The van der Waals surface area contributed by atoms with Gasteiger partial charge in [-0.15, -0.1) is 11.3 Å². The lowest BCUT2D eigenvalue weighted by Gasteiger charge is -2.35. The van der Waals surface area contributed by atoms with Crippen LogP contribution in [-0.4, -0.2) is 39.6 Å². The van der Waals surface area contributed by atoms with Crippen molar-refractivity contribution in [3.63, 3.8) is 0 Å². The summed E-state index contributed by atoms with van der Waals surface area (Å²) in [4.78, 5) is 17.9. The highest BCUT2D eigenvalue weighted by molar-refractivity contribution is 7.18. The molecule has 0 spiro atoms. The van der Waals surface area contributed by atoms with Gasteiger partial charge in [-0.25, -0.2) is 4.98 Å². The molecule has 8 heteroatoms. The topological polar surface area (TPSA) is 53.4 Å². The monoisotopic (exact) mass is 344 g/mol. The van der Waals surface area contributed by atoms with Crippen molar-refractivity contribution in [3.8, 4) is 0 Å². The Hall–Kier alpha value is -1.67. The Bertz CT molecular complexity index is 744. The van der Waals surface area contributed by atoms with Crippen LogP contribution in [0.4, 0.5) is 13.2 Å². The third-order valence-electron chi connectivity index (χ3n) is 4.00. The number of fused-ring (bicyclic) bond motifs is 1. The Morgan fingerprint density at radius 1 is 1.43 bits per heavy atom. The Labute approximate surface area is 134 Å². The second-order valence-electron chi connectivity index (χ2n) is 5.69. The molecule has 0 saturated carbocycles. The maximum atomic E-state index is 12.8. The number of halogens is 3. The molecule has 1 N–H and O–H groups in total. The maximum Gasteiger partial charge on any atom is 0.443 e. The van der Waals surface area contributed by atoms with Crippen molar-refractivity contribution in [2.75, 3.05) is 6.54 Å². The molecule has 2 atom stereocenters. The van der Waals surface area contributed by atoms with Gasteiger partial charge in [0.2, 0.25) is 0 Å². The van der Waals surface area contributed by atoms with Crippen molar-refractivity contribution in [2.24, 2.45) is 0 Å². The lowest BCUT2D eigenvalue weighted by atomic mass is 9.99. The number of aliphatic hydroxyl groups excluding tert-OH is 1. The quantitative estimate of drug-likeness (QED) is 0.864. The van der Waals surface area contributed by atoms with Gasteiger partial charge in [-0.3, -0.25) is 4.79 Å². The first-order chi connectivity index (χ1) is 10.8. The first-order valence-electron chi connectivity index (χ1n) is 7.23. The normalized spacial score (nSPS) is 22.6. The van der Waals surface area contributed by atoms with Crippen molar-refractivity contribution in [3.05, 3.63) is 28.8 Å². The zero-order valence-corrected chi connectivity index (χ0v) is 13.1. The SMILES string of the molecule is C[C@H]1C[C@@H](O)CCN1C(=O)c1cccc2sc(C(F)(F)F)nc12. The summed E-state index contributed by atoms with van der Waals surface area (Å²) < 4.78 is 38.9. The number of rotatable bonds is 1. The van der Waals surface area contributed by atoms with E-state index in [4.69, 9.17) is 0 Å². The summed E-state index contributed by atoms with van der Waals surface area (Å²) in [5, 5.41) is 8.69. The van der Waals surface area contributed by atoms with E-state index >= 15 is 0 Å². The van der Waals surface area contributed by atoms with E-state index in [1.54, 1.807) is 11.0 Å². The third kappa shape index (κ3) is 3.05. The average molecular weight is 344 g/mol. The van der Waals surface area contributed by atoms with Crippen molar-refractivity contribution in [1.29, 1.82) is 0 Å². The molecule has 1 saturated heterocycles. The van der Waals surface area contributed by atoms with E-state index < -0.39 is 17.3 Å². The second-order valence-corrected chi connectivity index (χ2v) is 6.73. The predicted molar refractivity (Wildman–Crippen MR) is 80.4 cm³/mol. The number of para-hydroxylation sites is 1. The highest BCUT2D eigenvalue weighted by atomic mass is 32.1. The molecule has 1 aliphatic rings. The largest absolute Gasteiger partial charge is 0.443 e. The van der Waals surface area contributed by atoms with Gasteiger partial charge >= 0.3 is 6.18 Å². The number of hydrogen-bond acceptors (Lipinski definition) is 4. The molecule has 1 aromatic heterocycles. The number of carbonyl (C=O) groups is 1. The van der Waals surface area contributed by atoms with Crippen LogP contribution < -0.4 is 0 Å². The lowest BCUT2D eigenvalue weighted by Crippen LogP contribution is -2.46. The minimum atomic E-state index is -4.52. The Morgan fingerprint density at radius 3 is 2.83 bits per heavy atom. The van der Waals surface area contributed by atoms with Gasteiger partial charge in [0.05, 0.1) is 21.9 Å². The van der Waals surface area contributed by atoms with Gasteiger partial charge in [0.1, 0.15) is 0 Å². The summed E-state index contributed by atoms with van der Waals surface area (Å²) in [5.41, 5.74) is 0.269. The molecule has 0 bridgehead atoms. The van der Waals surface area contributed by atoms with Gasteiger partial charge in [0.15, 0.2) is 5.01 Å². The van der Waals surface area contributed by atoms with Crippen LogP contribution in [0.25, 0.3) is 10.2 Å². The van der Waals surface area contributed by atoms with E-state index in [1.807, 2.05) is 6.92 Å². The summed E-state index contributed by atoms with van der Waals surface area (Å²) in [6.45, 7) is 2.20. The number of nitrogens with zero attached hydrogens (tertiary/aromatic N) is 2. The molecule has 2 heterocycles. The van der Waals surface area contributed by atoms with Gasteiger partial charge in [0.25, 0.3) is 5.91 Å². The molecular weight excluding hydrogens is 329 g/mol. The molecule has 0 radical (unpaired) electrons. The Kier molecular flexibility index (Phi) is 4.05. The number of carbonyl (C=O) groups excluding carboxylic acids is 1. The van der Waals surface area contributed by atoms with Crippen LogP contribution in [0, 0.1) is 0 Å². The summed E-state index contributed by atoms with van der Waals surface area (Å²) >= 11 is 0.537. The molecule has 124 valence electrons. The van der Waals surface area contributed by atoms with Crippen LogP contribution in [0.15, 0.2) is 18.2 Å². The highest BCUT2D eigenvalue weighted by Crippen LogP contribution is 2.36. The predicted octanol–water partition coefficient (Wildman–Crippen LogP) is 3.30. The molecule has 1 fully saturated rings.